The fraction of sp³-hybridized carbons (Fsp3) is 0.226. The summed E-state index contributed by atoms with van der Waals surface area (Å²) in [6.45, 7) is 0.551. The van der Waals surface area contributed by atoms with Gasteiger partial charge in [-0.2, -0.15) is 0 Å². The summed E-state index contributed by atoms with van der Waals surface area (Å²) in [6, 6.07) is 25.1. The van der Waals surface area contributed by atoms with Gasteiger partial charge in [0.2, 0.25) is 11.8 Å². The maximum absolute atomic E-state index is 13.3. The fourth-order valence-electron chi connectivity index (χ4n) is 4.07. The first-order valence-corrected chi connectivity index (χ1v) is 14.3. The zero-order valence-corrected chi connectivity index (χ0v) is 23.4. The summed E-state index contributed by atoms with van der Waals surface area (Å²) in [5.41, 5.74) is 8.44. The minimum absolute atomic E-state index is 0.0767. The van der Waals surface area contributed by atoms with E-state index < -0.39 is 12.1 Å². The van der Waals surface area contributed by atoms with Crippen LogP contribution in [0.3, 0.4) is 0 Å². The van der Waals surface area contributed by atoms with Crippen molar-refractivity contribution in [2.24, 2.45) is 0 Å². The van der Waals surface area contributed by atoms with Crippen molar-refractivity contribution >= 4 is 51.9 Å². The van der Waals surface area contributed by atoms with Crippen LogP contribution in [-0.2, 0) is 20.9 Å². The van der Waals surface area contributed by atoms with Gasteiger partial charge in [-0.15, -0.1) is 11.8 Å². The second-order valence-corrected chi connectivity index (χ2v) is 10.4. The van der Waals surface area contributed by atoms with E-state index in [0.29, 0.717) is 48.5 Å². The number of nitrogens with zero attached hydrogens (tertiary/aromatic N) is 1. The van der Waals surface area contributed by atoms with Gasteiger partial charge in [-0.25, -0.2) is 4.79 Å². The van der Waals surface area contributed by atoms with Crippen LogP contribution in [0, 0.1) is 0 Å². The highest BCUT2D eigenvalue weighted by atomic mass is 32.2. The molecule has 4 aromatic rings. The van der Waals surface area contributed by atoms with E-state index in [4.69, 9.17) is 10.5 Å². The number of anilines is 2. The number of hydrogen-bond acceptors (Lipinski definition) is 7. The van der Waals surface area contributed by atoms with Crippen molar-refractivity contribution < 1.29 is 19.1 Å². The monoisotopic (exact) mass is 571 g/mol. The molecule has 0 fully saturated rings. The lowest BCUT2D eigenvalue weighted by Crippen LogP contribution is -2.44. The summed E-state index contributed by atoms with van der Waals surface area (Å²) in [7, 11) is 0. The SMILES string of the molecule is Nc1ccc(SCC(=O)NCCCC[C@H](NC(=O)OCc2ccccc2)C(=O)Nc2cccc3cccnc23)cc1. The molecule has 0 aliphatic rings. The average molecular weight is 572 g/mol. The second-order valence-electron chi connectivity index (χ2n) is 9.33. The lowest BCUT2D eigenvalue weighted by Gasteiger charge is -2.19. The van der Waals surface area contributed by atoms with E-state index in [1.807, 2.05) is 66.7 Å². The number of thioether (sulfide) groups is 1. The standard InChI is InChI=1S/C31H33N5O4S/c32-24-14-16-25(17-15-24)41-21-28(37)33-18-5-4-12-27(36-31(39)40-20-22-8-2-1-3-9-22)30(38)35-26-13-6-10-23-11-7-19-34-29(23)26/h1-3,6-11,13-17,19,27H,4-5,12,18,20-21,32H2,(H,33,37)(H,35,38)(H,36,39)/t27-/m0/s1. The van der Waals surface area contributed by atoms with Crippen LogP contribution in [-0.4, -0.2) is 41.2 Å². The van der Waals surface area contributed by atoms with Crippen molar-refractivity contribution in [2.45, 2.75) is 36.8 Å². The molecule has 0 aliphatic carbocycles. The molecule has 1 aromatic heterocycles. The Morgan fingerprint density at radius 1 is 0.902 bits per heavy atom. The number of carbonyl (C=O) groups is 3. The van der Waals surface area contributed by atoms with Crippen molar-refractivity contribution in [3.05, 3.63) is 96.7 Å². The van der Waals surface area contributed by atoms with Gasteiger partial charge in [0.15, 0.2) is 0 Å². The fourth-order valence-corrected chi connectivity index (χ4v) is 4.79. The van der Waals surface area contributed by atoms with Crippen LogP contribution in [0.5, 0.6) is 0 Å². The molecule has 0 aliphatic heterocycles. The Balaban J connectivity index is 1.28. The number of benzene rings is 3. The smallest absolute Gasteiger partial charge is 0.408 e. The molecule has 41 heavy (non-hydrogen) atoms. The number of nitrogen functional groups attached to an aromatic ring is 1. The van der Waals surface area contributed by atoms with Gasteiger partial charge in [-0.1, -0.05) is 48.5 Å². The Kier molecular flexibility index (Phi) is 11.0. The number of fused-ring (bicyclic) bond motifs is 1. The Morgan fingerprint density at radius 3 is 2.49 bits per heavy atom. The van der Waals surface area contributed by atoms with E-state index in [9.17, 15) is 14.4 Å². The Morgan fingerprint density at radius 2 is 1.68 bits per heavy atom. The quantitative estimate of drug-likeness (QED) is 0.0993. The average Bonchev–Trinajstić information content (AvgIpc) is 2.99. The summed E-state index contributed by atoms with van der Waals surface area (Å²) in [5.74, 6) is -0.154. The summed E-state index contributed by atoms with van der Waals surface area (Å²) in [4.78, 5) is 43.5. The molecule has 0 spiro atoms. The number of nitrogens with two attached hydrogens (primary N) is 1. The number of aromatic nitrogens is 1. The van der Waals surface area contributed by atoms with Gasteiger partial charge >= 0.3 is 6.09 Å². The number of hydrogen-bond donors (Lipinski definition) is 4. The van der Waals surface area contributed by atoms with E-state index in [1.165, 1.54) is 11.8 Å². The first kappa shape index (κ1) is 29.4. The van der Waals surface area contributed by atoms with Crippen molar-refractivity contribution in [3.63, 3.8) is 0 Å². The van der Waals surface area contributed by atoms with Crippen LogP contribution in [0.25, 0.3) is 10.9 Å². The number of ether oxygens (including phenoxy) is 1. The molecule has 3 aromatic carbocycles. The van der Waals surface area contributed by atoms with E-state index in [1.54, 1.807) is 24.4 Å². The minimum atomic E-state index is -0.839. The molecule has 1 heterocycles. The van der Waals surface area contributed by atoms with Gasteiger partial charge in [-0.05, 0) is 61.2 Å². The van der Waals surface area contributed by atoms with Crippen molar-refractivity contribution in [1.82, 2.24) is 15.6 Å². The van der Waals surface area contributed by atoms with Crippen LogP contribution in [0.1, 0.15) is 24.8 Å². The zero-order chi connectivity index (χ0) is 28.9. The zero-order valence-electron chi connectivity index (χ0n) is 22.5. The lowest BCUT2D eigenvalue weighted by molar-refractivity contribution is -0.119. The van der Waals surface area contributed by atoms with Crippen LogP contribution in [0.15, 0.2) is 96.0 Å². The molecule has 10 heteroatoms. The number of unbranched alkanes of at least 4 members (excludes halogenated alkanes) is 1. The molecule has 0 saturated heterocycles. The molecule has 0 unspecified atom stereocenters. The predicted molar refractivity (Wildman–Crippen MR) is 162 cm³/mol. The molecule has 0 radical (unpaired) electrons. The topological polar surface area (TPSA) is 135 Å². The molecule has 0 bridgehead atoms. The van der Waals surface area contributed by atoms with Crippen LogP contribution in [0.4, 0.5) is 16.2 Å². The number of para-hydroxylation sites is 1. The number of nitrogens with one attached hydrogen (secondary N) is 3. The predicted octanol–water partition coefficient (Wildman–Crippen LogP) is 5.13. The molecule has 9 nitrogen and oxygen atoms in total. The molecule has 1 atom stereocenters. The van der Waals surface area contributed by atoms with Crippen molar-refractivity contribution in [2.75, 3.05) is 23.3 Å². The van der Waals surface area contributed by atoms with Crippen LogP contribution >= 0.6 is 11.8 Å². The first-order valence-electron chi connectivity index (χ1n) is 13.3. The number of amides is 3. The third kappa shape index (κ3) is 9.54. The van der Waals surface area contributed by atoms with Gasteiger partial charge in [0.25, 0.3) is 0 Å². The molecule has 212 valence electrons. The largest absolute Gasteiger partial charge is 0.445 e. The molecule has 3 amide bonds. The summed E-state index contributed by atoms with van der Waals surface area (Å²) in [6.07, 6.45) is 2.57. The van der Waals surface area contributed by atoms with Crippen LogP contribution < -0.4 is 21.7 Å². The maximum atomic E-state index is 13.3. The number of alkyl carbamates (subject to hydrolysis) is 1. The molecule has 4 rings (SSSR count). The highest BCUT2D eigenvalue weighted by Gasteiger charge is 2.22. The van der Waals surface area contributed by atoms with Gasteiger partial charge < -0.3 is 26.4 Å². The van der Waals surface area contributed by atoms with E-state index in [0.717, 1.165) is 15.8 Å². The van der Waals surface area contributed by atoms with Crippen molar-refractivity contribution in [3.8, 4) is 0 Å². The number of carbonyl (C=O) groups excluding carboxylic acids is 3. The summed E-state index contributed by atoms with van der Waals surface area (Å²) >= 11 is 1.43. The highest BCUT2D eigenvalue weighted by molar-refractivity contribution is 8.00. The summed E-state index contributed by atoms with van der Waals surface area (Å²) < 4.78 is 5.35. The summed E-state index contributed by atoms with van der Waals surface area (Å²) in [5, 5.41) is 9.40. The van der Waals surface area contributed by atoms with Crippen LogP contribution in [0.2, 0.25) is 0 Å². The van der Waals surface area contributed by atoms with Gasteiger partial charge in [0, 0.05) is 28.7 Å². The van der Waals surface area contributed by atoms with E-state index in [2.05, 4.69) is 20.9 Å². The first-order chi connectivity index (χ1) is 20.0. The second kappa shape index (κ2) is 15.3. The Labute approximate surface area is 243 Å². The van der Waals surface area contributed by atoms with Gasteiger partial charge in [0.1, 0.15) is 12.6 Å². The van der Waals surface area contributed by atoms with E-state index >= 15 is 0 Å². The maximum Gasteiger partial charge on any atom is 0.408 e. The Hall–Kier alpha value is -4.57. The highest BCUT2D eigenvalue weighted by Crippen LogP contribution is 2.21. The third-order valence-corrected chi connectivity index (χ3v) is 7.22. The van der Waals surface area contributed by atoms with Gasteiger partial charge in [0.05, 0.1) is 17.0 Å². The van der Waals surface area contributed by atoms with Gasteiger partial charge in [-0.3, -0.25) is 14.6 Å². The van der Waals surface area contributed by atoms with Crippen molar-refractivity contribution in [1.29, 1.82) is 0 Å². The lowest BCUT2D eigenvalue weighted by atomic mass is 10.1. The molecular weight excluding hydrogens is 538 g/mol. The number of rotatable bonds is 13. The number of pyridine rings is 1. The third-order valence-electron chi connectivity index (χ3n) is 6.20. The molecular formula is C31H33N5O4S. The minimum Gasteiger partial charge on any atom is -0.445 e. The normalized spacial score (nSPS) is 11.4. The van der Waals surface area contributed by atoms with E-state index in [-0.39, 0.29) is 18.4 Å². The molecule has 5 N–H and O–H groups in total. The Bertz CT molecular complexity index is 1440. The molecule has 0 saturated carbocycles.